The maximum atomic E-state index is 13.6. The van der Waals surface area contributed by atoms with Crippen LogP contribution in [0.1, 0.15) is 36.2 Å². The molecule has 0 amide bonds. The van der Waals surface area contributed by atoms with Crippen LogP contribution in [0.4, 0.5) is 13.2 Å². The van der Waals surface area contributed by atoms with Gasteiger partial charge in [0.1, 0.15) is 18.3 Å². The van der Waals surface area contributed by atoms with E-state index in [0.717, 1.165) is 25.3 Å². The minimum Gasteiger partial charge on any atom is -0.467 e. The van der Waals surface area contributed by atoms with Crippen molar-refractivity contribution in [1.29, 1.82) is 0 Å². The summed E-state index contributed by atoms with van der Waals surface area (Å²) in [6, 6.07) is 3.30. The van der Waals surface area contributed by atoms with Gasteiger partial charge in [-0.1, -0.05) is 18.6 Å². The van der Waals surface area contributed by atoms with Crippen LogP contribution in [0.5, 0.6) is 0 Å². The number of carbonyl (C=O) groups excluding carboxylic acids is 4. The van der Waals surface area contributed by atoms with Gasteiger partial charge >= 0.3 is 24.1 Å². The second kappa shape index (κ2) is 9.34. The number of methoxy groups -OCH3 is 1. The predicted octanol–water partition coefficient (Wildman–Crippen LogP) is 0.969. The van der Waals surface area contributed by atoms with Crippen molar-refractivity contribution in [2.75, 3.05) is 13.7 Å². The molecule has 2 bridgehead atoms. The van der Waals surface area contributed by atoms with Crippen LogP contribution >= 0.6 is 0 Å². The number of benzene rings is 1. The average molecular weight is 611 g/mol. The standard InChI is InChI=1S/C29H29F3O11/c1-11-7-15(33)21(35)26(2)14(11)9-16-27-10-41-28(25(39)40-3,22(36)17(34)19(26)27)20(27)18(24(38)42-16)43-23(37)12-5-4-6-13(8-12)29(30,31)32/h4-8,14,16-22,34-36H,9-10H2,1-3H3/t14-,16+,17?,18+,19?,20+,21+,22-,26-,27+,28+/m0/s1. The third kappa shape index (κ3) is 3.63. The summed E-state index contributed by atoms with van der Waals surface area (Å²) in [5.41, 5.74) is -6.71. The third-order valence-electron chi connectivity index (χ3n) is 10.5. The Morgan fingerprint density at radius 1 is 1.12 bits per heavy atom. The third-order valence-corrected chi connectivity index (χ3v) is 10.5. The Hall–Kier alpha value is -3.33. The van der Waals surface area contributed by atoms with Gasteiger partial charge in [-0.3, -0.25) is 4.79 Å². The van der Waals surface area contributed by atoms with Crippen molar-refractivity contribution >= 4 is 23.7 Å². The molecule has 232 valence electrons. The number of aliphatic hydroxyl groups is 3. The molecule has 5 aliphatic rings. The molecule has 6 rings (SSSR count). The highest BCUT2D eigenvalue weighted by Gasteiger charge is 2.85. The summed E-state index contributed by atoms with van der Waals surface area (Å²) in [6.07, 6.45) is -12.2. The van der Waals surface area contributed by atoms with Gasteiger partial charge in [0.15, 0.2) is 5.78 Å². The molecule has 2 unspecified atom stereocenters. The van der Waals surface area contributed by atoms with Crippen molar-refractivity contribution in [3.63, 3.8) is 0 Å². The molecule has 14 heteroatoms. The maximum absolute atomic E-state index is 13.6. The first kappa shape index (κ1) is 29.7. The normalized spacial score (nSPS) is 43.1. The van der Waals surface area contributed by atoms with Crippen LogP contribution in [-0.2, 0) is 39.5 Å². The molecular weight excluding hydrogens is 581 g/mol. The monoisotopic (exact) mass is 610 g/mol. The summed E-state index contributed by atoms with van der Waals surface area (Å²) in [5, 5.41) is 34.6. The Balaban J connectivity index is 1.52. The number of rotatable bonds is 3. The van der Waals surface area contributed by atoms with Gasteiger partial charge < -0.3 is 34.3 Å². The topological polar surface area (TPSA) is 166 Å². The molecule has 43 heavy (non-hydrogen) atoms. The van der Waals surface area contributed by atoms with E-state index < -0.39 is 112 Å². The van der Waals surface area contributed by atoms with Crippen molar-refractivity contribution in [1.82, 2.24) is 0 Å². The molecule has 1 aromatic carbocycles. The van der Waals surface area contributed by atoms with Crippen LogP contribution in [0.15, 0.2) is 35.9 Å². The van der Waals surface area contributed by atoms with Gasteiger partial charge in [0, 0.05) is 16.7 Å². The molecule has 4 fully saturated rings. The number of hydrogen-bond donors (Lipinski definition) is 3. The summed E-state index contributed by atoms with van der Waals surface area (Å²) >= 11 is 0. The molecule has 11 atom stereocenters. The predicted molar refractivity (Wildman–Crippen MR) is 134 cm³/mol. The van der Waals surface area contributed by atoms with Gasteiger partial charge in [-0.15, -0.1) is 0 Å². The lowest BCUT2D eigenvalue weighted by Gasteiger charge is -2.67. The van der Waals surface area contributed by atoms with Gasteiger partial charge in [-0.25, -0.2) is 14.4 Å². The van der Waals surface area contributed by atoms with Crippen LogP contribution in [0.2, 0.25) is 0 Å². The van der Waals surface area contributed by atoms with Crippen LogP contribution in [-0.4, -0.2) is 88.8 Å². The van der Waals surface area contributed by atoms with E-state index in [4.69, 9.17) is 18.9 Å². The Morgan fingerprint density at radius 2 is 1.81 bits per heavy atom. The largest absolute Gasteiger partial charge is 0.467 e. The van der Waals surface area contributed by atoms with E-state index in [1.807, 2.05) is 0 Å². The van der Waals surface area contributed by atoms with Gasteiger partial charge in [0.2, 0.25) is 11.7 Å². The van der Waals surface area contributed by atoms with Crippen LogP contribution in [0.3, 0.4) is 0 Å². The Labute approximate surface area is 242 Å². The molecule has 2 saturated carbocycles. The number of hydrogen-bond acceptors (Lipinski definition) is 11. The second-order valence-electron chi connectivity index (χ2n) is 12.3. The molecule has 2 heterocycles. The van der Waals surface area contributed by atoms with E-state index in [1.165, 1.54) is 6.08 Å². The zero-order chi connectivity index (χ0) is 31.4. The highest BCUT2D eigenvalue weighted by atomic mass is 19.4. The van der Waals surface area contributed by atoms with Crippen molar-refractivity contribution < 1.29 is 66.6 Å². The Bertz CT molecular complexity index is 1460. The van der Waals surface area contributed by atoms with Crippen LogP contribution in [0, 0.1) is 28.6 Å². The lowest BCUT2D eigenvalue weighted by Crippen LogP contribution is -2.80. The van der Waals surface area contributed by atoms with E-state index in [9.17, 15) is 47.7 Å². The van der Waals surface area contributed by atoms with Gasteiger partial charge in [0.25, 0.3) is 0 Å². The molecular formula is C29H29F3O11. The number of ether oxygens (including phenoxy) is 4. The number of alkyl halides is 3. The summed E-state index contributed by atoms with van der Waals surface area (Å²) in [7, 11) is 0.981. The van der Waals surface area contributed by atoms with Crippen LogP contribution < -0.4 is 0 Å². The first-order valence-electron chi connectivity index (χ1n) is 13.6. The first-order chi connectivity index (χ1) is 20.1. The van der Waals surface area contributed by atoms with E-state index in [0.29, 0.717) is 11.6 Å². The van der Waals surface area contributed by atoms with Gasteiger partial charge in [-0.2, -0.15) is 13.2 Å². The minimum atomic E-state index is -4.79. The summed E-state index contributed by atoms with van der Waals surface area (Å²) < 4.78 is 62.2. The number of aliphatic hydroxyl groups excluding tert-OH is 3. The Kier molecular flexibility index (Phi) is 6.45. The fourth-order valence-corrected chi connectivity index (χ4v) is 8.82. The molecule has 3 aliphatic carbocycles. The van der Waals surface area contributed by atoms with E-state index >= 15 is 0 Å². The van der Waals surface area contributed by atoms with Crippen molar-refractivity contribution in [3.05, 3.63) is 47.0 Å². The molecule has 3 N–H and O–H groups in total. The van der Waals surface area contributed by atoms with E-state index in [-0.39, 0.29) is 6.42 Å². The molecule has 2 saturated heterocycles. The lowest BCUT2D eigenvalue weighted by molar-refractivity contribution is -0.296. The molecule has 0 aromatic heterocycles. The average Bonchev–Trinajstić information content (AvgIpc) is 3.26. The number of halogens is 3. The summed E-state index contributed by atoms with van der Waals surface area (Å²) in [6.45, 7) is 2.78. The summed E-state index contributed by atoms with van der Waals surface area (Å²) in [5.74, 6) is -7.80. The number of fused-ring (bicyclic) bond motifs is 2. The molecule has 0 radical (unpaired) electrons. The van der Waals surface area contributed by atoms with E-state index in [2.05, 4.69) is 0 Å². The first-order valence-corrected chi connectivity index (χ1v) is 13.6. The molecule has 11 nitrogen and oxygen atoms in total. The quantitative estimate of drug-likeness (QED) is 0.330. The number of allylic oxidation sites excluding steroid dienone is 1. The number of ketones is 1. The van der Waals surface area contributed by atoms with Gasteiger partial charge in [0.05, 0.1) is 36.9 Å². The fraction of sp³-hybridized carbons (Fsp3) is 0.586. The minimum absolute atomic E-state index is 0.0274. The lowest BCUT2D eigenvalue weighted by atomic mass is 9.38. The highest BCUT2D eigenvalue weighted by molar-refractivity contribution is 5.96. The SMILES string of the molecule is COC(=O)[C@]12OC[C@]34C(C(O)[C@@H]1O)[C@@]1(C)[C@H](O)C(=O)C=C(C)[C@@H]1C[C@H]3OC(=O)[C@H](OC(=O)c1cccc(C(F)(F)F)c1)[C@@H]24. The van der Waals surface area contributed by atoms with E-state index in [1.54, 1.807) is 13.8 Å². The molecule has 1 spiro atoms. The highest BCUT2D eigenvalue weighted by Crippen LogP contribution is 2.72. The zero-order valence-electron chi connectivity index (χ0n) is 23.2. The Morgan fingerprint density at radius 3 is 2.47 bits per heavy atom. The fourth-order valence-electron chi connectivity index (χ4n) is 8.82. The maximum Gasteiger partial charge on any atom is 0.416 e. The van der Waals surface area contributed by atoms with Gasteiger partial charge in [-0.05, 0) is 43.5 Å². The molecule has 2 aliphatic heterocycles. The zero-order valence-corrected chi connectivity index (χ0v) is 23.2. The smallest absolute Gasteiger partial charge is 0.416 e. The number of carbonyl (C=O) groups is 4. The van der Waals surface area contributed by atoms with Crippen molar-refractivity contribution in [2.24, 2.45) is 28.6 Å². The van der Waals surface area contributed by atoms with Crippen molar-refractivity contribution in [3.8, 4) is 0 Å². The van der Waals surface area contributed by atoms with Crippen LogP contribution in [0.25, 0.3) is 0 Å². The molecule has 1 aromatic rings. The second-order valence-corrected chi connectivity index (χ2v) is 12.3. The number of esters is 3. The van der Waals surface area contributed by atoms with Crippen molar-refractivity contribution in [2.45, 2.75) is 62.6 Å². The summed E-state index contributed by atoms with van der Waals surface area (Å²) in [4.78, 5) is 53.2.